The minimum absolute atomic E-state index is 0.0417. The Kier molecular flexibility index (Phi) is 3.21. The normalized spacial score (nSPS) is 30.3. The molecule has 2 rings (SSSR count). The van der Waals surface area contributed by atoms with Gasteiger partial charge in [-0.15, -0.1) is 0 Å². The number of hydrogen-bond donors (Lipinski definition) is 2. The maximum atomic E-state index is 9.86. The molecule has 16 heavy (non-hydrogen) atoms. The Hall–Kier alpha value is -1.00. The lowest BCUT2D eigenvalue weighted by Crippen LogP contribution is -2.30. The predicted octanol–water partition coefficient (Wildman–Crippen LogP) is 1.38. The Labute approximate surface area is 95.4 Å². The average Bonchev–Trinajstić information content (AvgIpc) is 2.29. The molecule has 1 heterocycles. The van der Waals surface area contributed by atoms with Crippen LogP contribution < -0.4 is 0 Å². The van der Waals surface area contributed by atoms with Gasteiger partial charge in [0.1, 0.15) is 5.82 Å². The Morgan fingerprint density at radius 3 is 2.75 bits per heavy atom. The zero-order valence-electron chi connectivity index (χ0n) is 9.56. The largest absolute Gasteiger partial charge is 0.390 e. The first kappa shape index (κ1) is 11.5. The second kappa shape index (κ2) is 4.47. The van der Waals surface area contributed by atoms with E-state index in [0.717, 1.165) is 31.5 Å². The van der Waals surface area contributed by atoms with Gasteiger partial charge in [-0.25, -0.2) is 9.97 Å². The minimum Gasteiger partial charge on any atom is -0.390 e. The van der Waals surface area contributed by atoms with Gasteiger partial charge in [0.15, 0.2) is 0 Å². The molecule has 4 heteroatoms. The summed E-state index contributed by atoms with van der Waals surface area (Å²) in [5, 5.41) is 18.9. The minimum atomic E-state index is -0.523. The van der Waals surface area contributed by atoms with Crippen LogP contribution in [0, 0.1) is 0 Å². The first-order valence-corrected chi connectivity index (χ1v) is 5.76. The van der Waals surface area contributed by atoms with Crippen LogP contribution in [0.3, 0.4) is 0 Å². The lowest BCUT2D eigenvalue weighted by atomic mass is 9.79. The van der Waals surface area contributed by atoms with Gasteiger partial charge < -0.3 is 10.2 Å². The van der Waals surface area contributed by atoms with Gasteiger partial charge in [0.05, 0.1) is 17.9 Å². The SMILES string of the molecule is C[C@]1(O)CC[C@@H](c2nccc(CO)n2)CC1. The molecule has 1 saturated carbocycles. The molecule has 0 aliphatic heterocycles. The van der Waals surface area contributed by atoms with Crippen molar-refractivity contribution in [1.29, 1.82) is 0 Å². The summed E-state index contributed by atoms with van der Waals surface area (Å²) < 4.78 is 0. The van der Waals surface area contributed by atoms with Crippen LogP contribution in [0.15, 0.2) is 12.3 Å². The van der Waals surface area contributed by atoms with Crippen molar-refractivity contribution in [3.63, 3.8) is 0 Å². The zero-order valence-corrected chi connectivity index (χ0v) is 9.56. The Morgan fingerprint density at radius 2 is 2.12 bits per heavy atom. The summed E-state index contributed by atoms with van der Waals surface area (Å²) in [5.41, 5.74) is 0.146. The molecular weight excluding hydrogens is 204 g/mol. The molecule has 88 valence electrons. The third-order valence-corrected chi connectivity index (χ3v) is 3.32. The van der Waals surface area contributed by atoms with Crippen molar-refractivity contribution >= 4 is 0 Å². The predicted molar refractivity (Wildman–Crippen MR) is 59.8 cm³/mol. The van der Waals surface area contributed by atoms with Gasteiger partial charge in [-0.3, -0.25) is 0 Å². The van der Waals surface area contributed by atoms with Crippen molar-refractivity contribution in [3.05, 3.63) is 23.8 Å². The summed E-state index contributed by atoms with van der Waals surface area (Å²) in [6.07, 6.45) is 5.12. The summed E-state index contributed by atoms with van der Waals surface area (Å²) in [6.45, 7) is 1.84. The number of hydrogen-bond acceptors (Lipinski definition) is 4. The van der Waals surface area contributed by atoms with Crippen LogP contribution in [0.5, 0.6) is 0 Å². The molecule has 1 aliphatic rings. The standard InChI is InChI=1S/C12H18N2O2/c1-12(16)5-2-9(3-6-12)11-13-7-4-10(8-15)14-11/h4,7,9,15-16H,2-3,5-6,8H2,1H3/t9-,12+. The highest BCUT2D eigenvalue weighted by atomic mass is 16.3. The quantitative estimate of drug-likeness (QED) is 0.793. The smallest absolute Gasteiger partial charge is 0.131 e. The van der Waals surface area contributed by atoms with Gasteiger partial charge in [0, 0.05) is 12.1 Å². The fourth-order valence-electron chi connectivity index (χ4n) is 2.20. The number of aliphatic hydroxyl groups excluding tert-OH is 1. The molecule has 1 aliphatic carbocycles. The molecule has 0 amide bonds. The number of nitrogens with zero attached hydrogens (tertiary/aromatic N) is 2. The Balaban J connectivity index is 2.08. The van der Waals surface area contributed by atoms with Crippen molar-refractivity contribution in [3.8, 4) is 0 Å². The monoisotopic (exact) mass is 222 g/mol. The molecule has 0 atom stereocenters. The van der Waals surface area contributed by atoms with E-state index < -0.39 is 5.60 Å². The van der Waals surface area contributed by atoms with Gasteiger partial charge in [0.25, 0.3) is 0 Å². The molecule has 1 aromatic rings. The van der Waals surface area contributed by atoms with Gasteiger partial charge in [-0.1, -0.05) is 0 Å². The molecule has 4 nitrogen and oxygen atoms in total. The summed E-state index contributed by atoms with van der Waals surface area (Å²) >= 11 is 0. The van der Waals surface area contributed by atoms with Crippen LogP contribution in [0.4, 0.5) is 0 Å². The fraction of sp³-hybridized carbons (Fsp3) is 0.667. The summed E-state index contributed by atoms with van der Waals surface area (Å²) in [7, 11) is 0. The number of aliphatic hydroxyl groups is 2. The Bertz CT molecular complexity index is 356. The van der Waals surface area contributed by atoms with Crippen LogP contribution in [-0.2, 0) is 6.61 Å². The molecule has 0 unspecified atom stereocenters. The van der Waals surface area contributed by atoms with E-state index in [4.69, 9.17) is 5.11 Å². The fourth-order valence-corrected chi connectivity index (χ4v) is 2.20. The lowest BCUT2D eigenvalue weighted by Gasteiger charge is -2.32. The molecule has 0 saturated heterocycles. The van der Waals surface area contributed by atoms with Crippen molar-refractivity contribution in [2.45, 2.75) is 50.7 Å². The van der Waals surface area contributed by atoms with E-state index in [1.165, 1.54) is 0 Å². The van der Waals surface area contributed by atoms with Crippen molar-refractivity contribution in [2.75, 3.05) is 0 Å². The maximum Gasteiger partial charge on any atom is 0.131 e. The van der Waals surface area contributed by atoms with Gasteiger partial charge in [-0.05, 0) is 38.7 Å². The van der Waals surface area contributed by atoms with E-state index >= 15 is 0 Å². The van der Waals surface area contributed by atoms with Gasteiger partial charge in [0.2, 0.25) is 0 Å². The molecule has 0 aromatic carbocycles. The highest BCUT2D eigenvalue weighted by Gasteiger charge is 2.30. The molecule has 1 aromatic heterocycles. The molecule has 0 bridgehead atoms. The van der Waals surface area contributed by atoms with Gasteiger partial charge >= 0.3 is 0 Å². The maximum absolute atomic E-state index is 9.86. The first-order chi connectivity index (χ1) is 7.61. The van der Waals surface area contributed by atoms with E-state index in [0.29, 0.717) is 11.6 Å². The third kappa shape index (κ3) is 2.57. The first-order valence-electron chi connectivity index (χ1n) is 5.76. The molecule has 1 fully saturated rings. The zero-order chi connectivity index (χ0) is 11.6. The van der Waals surface area contributed by atoms with Crippen LogP contribution >= 0.6 is 0 Å². The van der Waals surface area contributed by atoms with Crippen LogP contribution in [-0.4, -0.2) is 25.8 Å². The van der Waals surface area contributed by atoms with Crippen molar-refractivity contribution < 1.29 is 10.2 Å². The second-order valence-electron chi connectivity index (χ2n) is 4.84. The van der Waals surface area contributed by atoms with Crippen LogP contribution in [0.1, 0.15) is 50.0 Å². The highest BCUT2D eigenvalue weighted by Crippen LogP contribution is 2.36. The molecule has 0 radical (unpaired) electrons. The number of rotatable bonds is 2. The molecule has 2 N–H and O–H groups in total. The van der Waals surface area contributed by atoms with E-state index in [1.54, 1.807) is 12.3 Å². The van der Waals surface area contributed by atoms with E-state index in [9.17, 15) is 5.11 Å². The summed E-state index contributed by atoms with van der Waals surface area (Å²) in [4.78, 5) is 8.57. The Morgan fingerprint density at radius 1 is 1.44 bits per heavy atom. The van der Waals surface area contributed by atoms with Crippen LogP contribution in [0.25, 0.3) is 0 Å². The highest BCUT2D eigenvalue weighted by molar-refractivity contribution is 5.06. The van der Waals surface area contributed by atoms with Crippen molar-refractivity contribution in [2.24, 2.45) is 0 Å². The summed E-state index contributed by atoms with van der Waals surface area (Å²) in [5.74, 6) is 1.13. The number of aromatic nitrogens is 2. The summed E-state index contributed by atoms with van der Waals surface area (Å²) in [6, 6.07) is 1.72. The molecule has 0 spiro atoms. The van der Waals surface area contributed by atoms with Crippen LogP contribution in [0.2, 0.25) is 0 Å². The van der Waals surface area contributed by atoms with Gasteiger partial charge in [-0.2, -0.15) is 0 Å². The topological polar surface area (TPSA) is 66.2 Å². The van der Waals surface area contributed by atoms with Crippen molar-refractivity contribution in [1.82, 2.24) is 9.97 Å². The van der Waals surface area contributed by atoms with E-state index in [2.05, 4.69) is 9.97 Å². The van der Waals surface area contributed by atoms with E-state index in [-0.39, 0.29) is 6.61 Å². The second-order valence-corrected chi connectivity index (χ2v) is 4.84. The lowest BCUT2D eigenvalue weighted by molar-refractivity contribution is 0.0164. The van der Waals surface area contributed by atoms with E-state index in [1.807, 2.05) is 6.92 Å². The average molecular weight is 222 g/mol. The molecular formula is C12H18N2O2. The third-order valence-electron chi connectivity index (χ3n) is 3.32.